The first-order valence-corrected chi connectivity index (χ1v) is 7.34. The average molecular weight is 245 g/mol. The van der Waals surface area contributed by atoms with Crippen LogP contribution in [0, 0.1) is 5.92 Å². The van der Waals surface area contributed by atoms with E-state index in [-0.39, 0.29) is 6.04 Å². The number of benzene rings is 1. The van der Waals surface area contributed by atoms with E-state index in [9.17, 15) is 0 Å². The fourth-order valence-corrected chi connectivity index (χ4v) is 3.32. The van der Waals surface area contributed by atoms with Crippen LogP contribution in [0.5, 0.6) is 5.75 Å². The van der Waals surface area contributed by atoms with E-state index in [2.05, 4.69) is 18.2 Å². The summed E-state index contributed by atoms with van der Waals surface area (Å²) in [6, 6.07) is 6.69. The van der Waals surface area contributed by atoms with E-state index in [0.717, 1.165) is 31.1 Å². The van der Waals surface area contributed by atoms with E-state index >= 15 is 0 Å². The molecule has 3 rings (SSSR count). The summed E-state index contributed by atoms with van der Waals surface area (Å²) < 4.78 is 5.53. The summed E-state index contributed by atoms with van der Waals surface area (Å²) in [5.74, 6) is 2.00. The van der Waals surface area contributed by atoms with Gasteiger partial charge in [0.1, 0.15) is 5.75 Å². The molecule has 1 aromatic carbocycles. The van der Waals surface area contributed by atoms with E-state index in [1.165, 1.54) is 43.2 Å². The summed E-state index contributed by atoms with van der Waals surface area (Å²) in [4.78, 5) is 0. The predicted molar refractivity (Wildman–Crippen MR) is 73.8 cm³/mol. The van der Waals surface area contributed by atoms with Gasteiger partial charge in [0.15, 0.2) is 0 Å². The summed E-state index contributed by atoms with van der Waals surface area (Å²) in [5, 5.41) is 0. The molecule has 0 aromatic heterocycles. The molecule has 1 fully saturated rings. The SMILES string of the molecule is NC(CCC1CCCC1)c1ccc2c(c1)CCO2. The van der Waals surface area contributed by atoms with Crippen molar-refractivity contribution in [3.05, 3.63) is 29.3 Å². The van der Waals surface area contributed by atoms with Crippen molar-refractivity contribution in [1.82, 2.24) is 0 Å². The summed E-state index contributed by atoms with van der Waals surface area (Å²) in [6.07, 6.45) is 9.17. The molecular formula is C16H23NO. The summed E-state index contributed by atoms with van der Waals surface area (Å²) in [7, 11) is 0. The standard InChI is InChI=1S/C16H23NO/c17-15(7-5-12-3-1-2-4-12)13-6-8-16-14(11-13)9-10-18-16/h6,8,11-12,15H,1-5,7,9-10,17H2. The molecule has 1 aromatic rings. The molecule has 18 heavy (non-hydrogen) atoms. The van der Waals surface area contributed by atoms with Gasteiger partial charge in [-0.05, 0) is 36.0 Å². The van der Waals surface area contributed by atoms with Crippen molar-refractivity contribution in [2.24, 2.45) is 11.7 Å². The third-order valence-corrected chi connectivity index (χ3v) is 4.50. The zero-order chi connectivity index (χ0) is 12.4. The highest BCUT2D eigenvalue weighted by molar-refractivity contribution is 5.40. The van der Waals surface area contributed by atoms with Gasteiger partial charge in [0.25, 0.3) is 0 Å². The molecule has 1 unspecified atom stereocenters. The summed E-state index contributed by atoms with van der Waals surface area (Å²) >= 11 is 0. The number of hydrogen-bond donors (Lipinski definition) is 1. The van der Waals surface area contributed by atoms with Crippen molar-refractivity contribution in [3.8, 4) is 5.75 Å². The first-order chi connectivity index (χ1) is 8.83. The number of nitrogens with two attached hydrogens (primary N) is 1. The molecule has 98 valence electrons. The summed E-state index contributed by atoms with van der Waals surface area (Å²) in [5.41, 5.74) is 8.95. The Kier molecular flexibility index (Phi) is 3.55. The molecule has 0 bridgehead atoms. The molecule has 1 saturated carbocycles. The molecule has 1 aliphatic heterocycles. The second kappa shape index (κ2) is 5.31. The normalized spacial score (nSPS) is 20.7. The average Bonchev–Trinajstić information content (AvgIpc) is 3.05. The van der Waals surface area contributed by atoms with Gasteiger partial charge in [-0.25, -0.2) is 0 Å². The maximum atomic E-state index is 6.33. The van der Waals surface area contributed by atoms with Crippen LogP contribution in [0.1, 0.15) is 55.7 Å². The second-order valence-corrected chi connectivity index (χ2v) is 5.80. The van der Waals surface area contributed by atoms with Crippen LogP contribution in [0.4, 0.5) is 0 Å². The van der Waals surface area contributed by atoms with E-state index in [1.54, 1.807) is 0 Å². The quantitative estimate of drug-likeness (QED) is 0.879. The highest BCUT2D eigenvalue weighted by Crippen LogP contribution is 2.32. The number of ether oxygens (including phenoxy) is 1. The lowest BCUT2D eigenvalue weighted by atomic mass is 9.94. The van der Waals surface area contributed by atoms with Gasteiger partial charge < -0.3 is 10.5 Å². The van der Waals surface area contributed by atoms with Crippen LogP contribution in [0.3, 0.4) is 0 Å². The lowest BCUT2D eigenvalue weighted by molar-refractivity contribution is 0.356. The molecule has 2 N–H and O–H groups in total. The molecule has 0 radical (unpaired) electrons. The van der Waals surface area contributed by atoms with Crippen LogP contribution >= 0.6 is 0 Å². The number of hydrogen-bond acceptors (Lipinski definition) is 2. The van der Waals surface area contributed by atoms with E-state index in [0.29, 0.717) is 0 Å². The minimum atomic E-state index is 0.205. The Morgan fingerprint density at radius 1 is 1.28 bits per heavy atom. The fraction of sp³-hybridized carbons (Fsp3) is 0.625. The Hall–Kier alpha value is -1.02. The largest absolute Gasteiger partial charge is 0.493 e. The van der Waals surface area contributed by atoms with Crippen LogP contribution < -0.4 is 10.5 Å². The second-order valence-electron chi connectivity index (χ2n) is 5.80. The van der Waals surface area contributed by atoms with Crippen LogP contribution in [-0.2, 0) is 6.42 Å². The molecule has 0 saturated heterocycles. The Labute approximate surface area is 110 Å². The van der Waals surface area contributed by atoms with Crippen molar-refractivity contribution in [3.63, 3.8) is 0 Å². The van der Waals surface area contributed by atoms with Crippen molar-refractivity contribution in [2.75, 3.05) is 6.61 Å². The summed E-state index contributed by atoms with van der Waals surface area (Å²) in [6.45, 7) is 0.829. The van der Waals surface area contributed by atoms with Gasteiger partial charge in [-0.15, -0.1) is 0 Å². The topological polar surface area (TPSA) is 35.2 Å². The van der Waals surface area contributed by atoms with Crippen molar-refractivity contribution in [1.29, 1.82) is 0 Å². The first-order valence-electron chi connectivity index (χ1n) is 7.34. The van der Waals surface area contributed by atoms with E-state index in [1.807, 2.05) is 0 Å². The minimum Gasteiger partial charge on any atom is -0.493 e. The smallest absolute Gasteiger partial charge is 0.122 e. The lowest BCUT2D eigenvalue weighted by Gasteiger charge is -2.15. The fourth-order valence-electron chi connectivity index (χ4n) is 3.32. The predicted octanol–water partition coefficient (Wildman–Crippen LogP) is 3.59. The Morgan fingerprint density at radius 3 is 2.94 bits per heavy atom. The van der Waals surface area contributed by atoms with Crippen LogP contribution in [-0.4, -0.2) is 6.61 Å². The maximum Gasteiger partial charge on any atom is 0.122 e. The van der Waals surface area contributed by atoms with Crippen LogP contribution in [0.25, 0.3) is 0 Å². The van der Waals surface area contributed by atoms with Crippen molar-refractivity contribution < 1.29 is 4.74 Å². The van der Waals surface area contributed by atoms with Gasteiger partial charge >= 0.3 is 0 Å². The van der Waals surface area contributed by atoms with Gasteiger partial charge in [0, 0.05) is 12.5 Å². The molecule has 2 nitrogen and oxygen atoms in total. The molecule has 0 spiro atoms. The molecule has 1 atom stereocenters. The van der Waals surface area contributed by atoms with E-state index in [4.69, 9.17) is 10.5 Å². The zero-order valence-electron chi connectivity index (χ0n) is 11.0. The third-order valence-electron chi connectivity index (χ3n) is 4.50. The monoisotopic (exact) mass is 245 g/mol. The van der Waals surface area contributed by atoms with Gasteiger partial charge in [-0.2, -0.15) is 0 Å². The zero-order valence-corrected chi connectivity index (χ0v) is 11.0. The minimum absolute atomic E-state index is 0.205. The Bertz CT molecular complexity index is 410. The van der Waals surface area contributed by atoms with Crippen molar-refractivity contribution >= 4 is 0 Å². The molecule has 2 aliphatic rings. The highest BCUT2D eigenvalue weighted by atomic mass is 16.5. The van der Waals surface area contributed by atoms with Gasteiger partial charge in [0.2, 0.25) is 0 Å². The van der Waals surface area contributed by atoms with Gasteiger partial charge in [0.05, 0.1) is 6.61 Å². The third kappa shape index (κ3) is 2.54. The highest BCUT2D eigenvalue weighted by Gasteiger charge is 2.18. The van der Waals surface area contributed by atoms with Crippen LogP contribution in [0.2, 0.25) is 0 Å². The molecule has 1 aliphatic carbocycles. The van der Waals surface area contributed by atoms with E-state index < -0.39 is 0 Å². The molecular weight excluding hydrogens is 222 g/mol. The molecule has 0 amide bonds. The van der Waals surface area contributed by atoms with Gasteiger partial charge in [-0.1, -0.05) is 37.8 Å². The number of rotatable bonds is 4. The Balaban J connectivity index is 1.59. The van der Waals surface area contributed by atoms with Gasteiger partial charge in [-0.3, -0.25) is 0 Å². The van der Waals surface area contributed by atoms with Crippen molar-refractivity contribution in [2.45, 2.75) is 51.0 Å². The Morgan fingerprint density at radius 2 is 2.11 bits per heavy atom. The molecule has 2 heteroatoms. The maximum absolute atomic E-state index is 6.33. The van der Waals surface area contributed by atoms with Crippen LogP contribution in [0.15, 0.2) is 18.2 Å². The number of fused-ring (bicyclic) bond motifs is 1. The molecule has 1 heterocycles. The lowest BCUT2D eigenvalue weighted by Crippen LogP contribution is -2.12. The first kappa shape index (κ1) is 12.0.